The molecule has 0 aliphatic carbocycles. The summed E-state index contributed by atoms with van der Waals surface area (Å²) < 4.78 is 10.8. The molecule has 1 N–H and O–H groups in total. The molecule has 2 amide bonds. The van der Waals surface area contributed by atoms with E-state index in [1.54, 1.807) is 11.9 Å². The van der Waals surface area contributed by atoms with E-state index in [1.807, 2.05) is 58.0 Å². The number of carbonyl (C=O) groups excluding carboxylic acids is 2. The van der Waals surface area contributed by atoms with Crippen molar-refractivity contribution < 1.29 is 19.1 Å². The first-order valence-electron chi connectivity index (χ1n) is 8.58. The summed E-state index contributed by atoms with van der Waals surface area (Å²) in [4.78, 5) is 25.5. The SMILES string of the molecule is C[C@@H](CN(C)C(=O)CCCOc1ccccc1)NC(=O)OC(C)(C)C. The Morgan fingerprint density at radius 1 is 1.20 bits per heavy atom. The predicted molar refractivity (Wildman–Crippen MR) is 97.6 cm³/mol. The number of para-hydroxylation sites is 1. The Balaban J connectivity index is 2.23. The molecule has 0 saturated carbocycles. The summed E-state index contributed by atoms with van der Waals surface area (Å²) in [6.45, 7) is 8.19. The summed E-state index contributed by atoms with van der Waals surface area (Å²) in [6, 6.07) is 9.33. The molecule has 1 atom stereocenters. The Hall–Kier alpha value is -2.24. The molecule has 1 aromatic rings. The van der Waals surface area contributed by atoms with Crippen molar-refractivity contribution in [2.24, 2.45) is 0 Å². The maximum atomic E-state index is 12.1. The zero-order valence-corrected chi connectivity index (χ0v) is 15.9. The first-order chi connectivity index (χ1) is 11.7. The number of likely N-dealkylation sites (N-methyl/N-ethyl adjacent to an activating group) is 1. The number of benzene rings is 1. The van der Waals surface area contributed by atoms with E-state index in [0.29, 0.717) is 26.0 Å². The maximum absolute atomic E-state index is 12.1. The summed E-state index contributed by atoms with van der Waals surface area (Å²) in [6.07, 6.45) is 0.575. The Labute approximate surface area is 150 Å². The molecular weight excluding hydrogens is 320 g/mol. The van der Waals surface area contributed by atoms with E-state index in [-0.39, 0.29) is 11.9 Å². The van der Waals surface area contributed by atoms with Crippen molar-refractivity contribution in [1.82, 2.24) is 10.2 Å². The average molecular weight is 350 g/mol. The fourth-order valence-corrected chi connectivity index (χ4v) is 2.19. The lowest BCUT2D eigenvalue weighted by Crippen LogP contribution is -2.44. The number of nitrogens with one attached hydrogen (secondary N) is 1. The van der Waals surface area contributed by atoms with Crippen LogP contribution in [0.2, 0.25) is 0 Å². The van der Waals surface area contributed by atoms with Crippen LogP contribution in [0.1, 0.15) is 40.5 Å². The van der Waals surface area contributed by atoms with E-state index in [0.717, 1.165) is 5.75 Å². The quantitative estimate of drug-likeness (QED) is 0.731. The van der Waals surface area contributed by atoms with Crippen molar-refractivity contribution in [3.05, 3.63) is 30.3 Å². The van der Waals surface area contributed by atoms with Crippen LogP contribution in [0, 0.1) is 0 Å². The molecule has 0 aliphatic heterocycles. The number of nitrogens with zero attached hydrogens (tertiary/aromatic N) is 1. The number of ether oxygens (including phenoxy) is 2. The molecule has 1 rings (SSSR count). The Morgan fingerprint density at radius 3 is 2.44 bits per heavy atom. The summed E-state index contributed by atoms with van der Waals surface area (Å²) in [5.41, 5.74) is -0.537. The number of amides is 2. The number of hydrogen-bond donors (Lipinski definition) is 1. The minimum atomic E-state index is -0.537. The third-order valence-electron chi connectivity index (χ3n) is 3.28. The third-order valence-corrected chi connectivity index (χ3v) is 3.28. The van der Waals surface area contributed by atoms with Gasteiger partial charge in [0.05, 0.1) is 6.61 Å². The highest BCUT2D eigenvalue weighted by atomic mass is 16.6. The van der Waals surface area contributed by atoms with Crippen LogP contribution in [0.5, 0.6) is 5.75 Å². The summed E-state index contributed by atoms with van der Waals surface area (Å²) in [5.74, 6) is 0.827. The first-order valence-corrected chi connectivity index (χ1v) is 8.58. The van der Waals surface area contributed by atoms with E-state index in [1.165, 1.54) is 0 Å². The fraction of sp³-hybridized carbons (Fsp3) is 0.579. The van der Waals surface area contributed by atoms with Crippen molar-refractivity contribution in [3.8, 4) is 5.75 Å². The smallest absolute Gasteiger partial charge is 0.407 e. The highest BCUT2D eigenvalue weighted by molar-refractivity contribution is 5.76. The van der Waals surface area contributed by atoms with Gasteiger partial charge >= 0.3 is 6.09 Å². The zero-order valence-electron chi connectivity index (χ0n) is 15.9. The number of carbonyl (C=O) groups is 2. The third kappa shape index (κ3) is 9.59. The van der Waals surface area contributed by atoms with Crippen LogP contribution >= 0.6 is 0 Å². The fourth-order valence-electron chi connectivity index (χ4n) is 2.19. The van der Waals surface area contributed by atoms with Crippen LogP contribution in [-0.4, -0.2) is 48.7 Å². The van der Waals surface area contributed by atoms with Crippen molar-refractivity contribution in [3.63, 3.8) is 0 Å². The topological polar surface area (TPSA) is 67.9 Å². The number of hydrogen-bond acceptors (Lipinski definition) is 4. The van der Waals surface area contributed by atoms with Gasteiger partial charge in [-0.2, -0.15) is 0 Å². The molecule has 0 spiro atoms. The molecule has 0 aliphatic rings. The van der Waals surface area contributed by atoms with Gasteiger partial charge in [-0.05, 0) is 46.2 Å². The van der Waals surface area contributed by atoms with Crippen LogP contribution in [0.4, 0.5) is 4.79 Å². The van der Waals surface area contributed by atoms with E-state index in [4.69, 9.17) is 9.47 Å². The second kappa shape index (κ2) is 9.91. The minimum absolute atomic E-state index is 0.0227. The molecule has 25 heavy (non-hydrogen) atoms. The minimum Gasteiger partial charge on any atom is -0.494 e. The lowest BCUT2D eigenvalue weighted by molar-refractivity contribution is -0.130. The molecule has 0 bridgehead atoms. The predicted octanol–water partition coefficient (Wildman–Crippen LogP) is 3.22. The van der Waals surface area contributed by atoms with Gasteiger partial charge in [-0.15, -0.1) is 0 Å². The molecule has 0 unspecified atom stereocenters. The van der Waals surface area contributed by atoms with Crippen molar-refractivity contribution in [2.45, 2.75) is 52.2 Å². The molecule has 0 heterocycles. The summed E-state index contributed by atoms with van der Waals surface area (Å²) in [7, 11) is 1.73. The molecule has 0 radical (unpaired) electrons. The van der Waals surface area contributed by atoms with E-state index >= 15 is 0 Å². The van der Waals surface area contributed by atoms with Gasteiger partial charge < -0.3 is 19.7 Å². The number of rotatable bonds is 8. The van der Waals surface area contributed by atoms with Crippen molar-refractivity contribution in [1.29, 1.82) is 0 Å². The van der Waals surface area contributed by atoms with E-state index in [9.17, 15) is 9.59 Å². The molecule has 0 aromatic heterocycles. The molecule has 6 heteroatoms. The van der Waals surface area contributed by atoms with E-state index in [2.05, 4.69) is 5.32 Å². The second-order valence-electron chi connectivity index (χ2n) is 7.09. The lowest BCUT2D eigenvalue weighted by atomic mass is 10.2. The Bertz CT molecular complexity index is 540. The highest BCUT2D eigenvalue weighted by Gasteiger charge is 2.19. The van der Waals surface area contributed by atoms with Crippen LogP contribution in [0.3, 0.4) is 0 Å². The van der Waals surface area contributed by atoms with Gasteiger partial charge in [-0.3, -0.25) is 4.79 Å². The largest absolute Gasteiger partial charge is 0.494 e. The van der Waals surface area contributed by atoms with Crippen LogP contribution < -0.4 is 10.1 Å². The standard InChI is InChI=1S/C19H30N2O4/c1-15(20-18(23)25-19(2,3)4)14-21(5)17(22)12-9-13-24-16-10-7-6-8-11-16/h6-8,10-11,15H,9,12-14H2,1-5H3,(H,20,23)/t15-/m0/s1. The summed E-state index contributed by atoms with van der Waals surface area (Å²) >= 11 is 0. The lowest BCUT2D eigenvalue weighted by Gasteiger charge is -2.25. The van der Waals surface area contributed by atoms with Crippen LogP contribution in [0.25, 0.3) is 0 Å². The van der Waals surface area contributed by atoms with Crippen LogP contribution in [0.15, 0.2) is 30.3 Å². The van der Waals surface area contributed by atoms with Crippen molar-refractivity contribution in [2.75, 3.05) is 20.2 Å². The highest BCUT2D eigenvalue weighted by Crippen LogP contribution is 2.09. The zero-order chi connectivity index (χ0) is 18.9. The first kappa shape index (κ1) is 20.8. The number of alkyl carbamates (subject to hydrolysis) is 1. The Morgan fingerprint density at radius 2 is 1.84 bits per heavy atom. The molecule has 0 fully saturated rings. The van der Waals surface area contributed by atoms with Gasteiger partial charge in [-0.25, -0.2) is 4.79 Å². The maximum Gasteiger partial charge on any atom is 0.407 e. The van der Waals surface area contributed by atoms with Gasteiger partial charge in [0.1, 0.15) is 11.4 Å². The van der Waals surface area contributed by atoms with Gasteiger partial charge in [0.15, 0.2) is 0 Å². The van der Waals surface area contributed by atoms with Crippen molar-refractivity contribution >= 4 is 12.0 Å². The van der Waals surface area contributed by atoms with Gasteiger partial charge in [-0.1, -0.05) is 18.2 Å². The molecule has 140 valence electrons. The van der Waals surface area contributed by atoms with Crippen LogP contribution in [-0.2, 0) is 9.53 Å². The Kier molecular flexibility index (Phi) is 8.25. The van der Waals surface area contributed by atoms with Gasteiger partial charge in [0, 0.05) is 26.1 Å². The molecular formula is C19H30N2O4. The molecule has 6 nitrogen and oxygen atoms in total. The van der Waals surface area contributed by atoms with E-state index < -0.39 is 11.7 Å². The second-order valence-corrected chi connectivity index (χ2v) is 7.09. The average Bonchev–Trinajstić information content (AvgIpc) is 2.50. The monoisotopic (exact) mass is 350 g/mol. The van der Waals surface area contributed by atoms with Gasteiger partial charge in [0.2, 0.25) is 5.91 Å². The molecule has 1 aromatic carbocycles. The molecule has 0 saturated heterocycles. The summed E-state index contributed by atoms with van der Waals surface area (Å²) in [5, 5.41) is 2.73. The normalized spacial score (nSPS) is 12.2. The van der Waals surface area contributed by atoms with Gasteiger partial charge in [0.25, 0.3) is 0 Å².